The number of benzene rings is 1. The predicted octanol–water partition coefficient (Wildman–Crippen LogP) is 3.75. The van der Waals surface area contributed by atoms with Gasteiger partial charge < -0.3 is 15.7 Å². The normalized spacial score (nSPS) is 12.8. The van der Waals surface area contributed by atoms with Crippen molar-refractivity contribution in [3.05, 3.63) is 36.0 Å². The highest BCUT2D eigenvalue weighted by Crippen LogP contribution is 2.31. The Balaban J connectivity index is 2.34. The van der Waals surface area contributed by atoms with Crippen LogP contribution in [-0.4, -0.2) is 34.0 Å². The Morgan fingerprint density at radius 1 is 1.25 bits per heavy atom. The lowest BCUT2D eigenvalue weighted by molar-refractivity contribution is -0.141. The van der Waals surface area contributed by atoms with Gasteiger partial charge in [0, 0.05) is 22.7 Å². The topological polar surface area (TPSA) is 70.1 Å². The molecule has 5 nitrogen and oxygen atoms in total. The van der Waals surface area contributed by atoms with Gasteiger partial charge in [-0.25, -0.2) is 4.98 Å². The Kier molecular flexibility index (Phi) is 5.89. The van der Waals surface area contributed by atoms with Gasteiger partial charge in [-0.3, -0.25) is 0 Å². The van der Waals surface area contributed by atoms with E-state index in [0.29, 0.717) is 5.69 Å². The SMILES string of the molecule is CSc1cccc(Nc2cc(C(F)(F)F)nc(N[C@H](C)CO)n2)c1. The van der Waals surface area contributed by atoms with E-state index in [0.717, 1.165) is 11.0 Å². The molecule has 3 N–H and O–H groups in total. The van der Waals surface area contributed by atoms with Crippen LogP contribution >= 0.6 is 11.8 Å². The van der Waals surface area contributed by atoms with Crippen LogP contribution in [0.2, 0.25) is 0 Å². The molecular formula is C15H17F3N4OS. The van der Waals surface area contributed by atoms with E-state index in [2.05, 4.69) is 20.6 Å². The monoisotopic (exact) mass is 358 g/mol. The summed E-state index contributed by atoms with van der Waals surface area (Å²) >= 11 is 1.52. The average Bonchev–Trinajstić information content (AvgIpc) is 2.53. The Hall–Kier alpha value is -2.00. The molecule has 2 aromatic rings. The van der Waals surface area contributed by atoms with E-state index >= 15 is 0 Å². The molecule has 0 radical (unpaired) electrons. The summed E-state index contributed by atoms with van der Waals surface area (Å²) in [5.41, 5.74) is -0.441. The number of halogens is 3. The van der Waals surface area contributed by atoms with E-state index in [1.165, 1.54) is 11.8 Å². The molecule has 1 aromatic carbocycles. The Labute approximate surface area is 141 Å². The van der Waals surface area contributed by atoms with Crippen molar-refractivity contribution in [2.75, 3.05) is 23.5 Å². The number of thioether (sulfide) groups is 1. The van der Waals surface area contributed by atoms with Crippen LogP contribution in [0.15, 0.2) is 35.2 Å². The van der Waals surface area contributed by atoms with Crippen LogP contribution in [0.5, 0.6) is 0 Å². The van der Waals surface area contributed by atoms with Crippen LogP contribution in [0.25, 0.3) is 0 Å². The number of nitrogens with zero attached hydrogens (tertiary/aromatic N) is 2. The van der Waals surface area contributed by atoms with Gasteiger partial charge in [0.25, 0.3) is 0 Å². The largest absolute Gasteiger partial charge is 0.433 e. The van der Waals surface area contributed by atoms with Gasteiger partial charge >= 0.3 is 6.18 Å². The zero-order valence-corrected chi connectivity index (χ0v) is 13.9. The molecule has 0 saturated carbocycles. The summed E-state index contributed by atoms with van der Waals surface area (Å²) in [5, 5.41) is 14.5. The maximum atomic E-state index is 13.0. The Bertz CT molecular complexity index is 697. The highest BCUT2D eigenvalue weighted by molar-refractivity contribution is 7.98. The van der Waals surface area contributed by atoms with Crippen LogP contribution in [-0.2, 0) is 6.18 Å². The first-order valence-electron chi connectivity index (χ1n) is 7.06. The molecule has 0 amide bonds. The van der Waals surface area contributed by atoms with E-state index in [4.69, 9.17) is 5.11 Å². The van der Waals surface area contributed by atoms with Gasteiger partial charge in [0.05, 0.1) is 6.61 Å². The van der Waals surface area contributed by atoms with Gasteiger partial charge in [0.15, 0.2) is 5.69 Å². The molecule has 9 heteroatoms. The number of anilines is 3. The fourth-order valence-corrected chi connectivity index (χ4v) is 2.30. The highest BCUT2D eigenvalue weighted by Gasteiger charge is 2.33. The first-order valence-corrected chi connectivity index (χ1v) is 8.29. The standard InChI is InChI=1S/C15H17F3N4OS/c1-9(8-23)19-14-21-12(15(16,17)18)7-13(22-14)20-10-4-3-5-11(6-10)24-2/h3-7,9,23H,8H2,1-2H3,(H2,19,20,21,22)/t9-/m1/s1. The lowest BCUT2D eigenvalue weighted by Crippen LogP contribution is -2.22. The minimum atomic E-state index is -4.60. The van der Waals surface area contributed by atoms with Crippen LogP contribution in [0.4, 0.5) is 30.6 Å². The number of alkyl halides is 3. The first-order chi connectivity index (χ1) is 11.3. The average molecular weight is 358 g/mol. The van der Waals surface area contributed by atoms with Gasteiger partial charge in [-0.1, -0.05) is 6.07 Å². The van der Waals surface area contributed by atoms with Crippen molar-refractivity contribution in [3.8, 4) is 0 Å². The van der Waals surface area contributed by atoms with Crippen molar-refractivity contribution in [2.24, 2.45) is 0 Å². The summed E-state index contributed by atoms with van der Waals surface area (Å²) in [7, 11) is 0. The predicted molar refractivity (Wildman–Crippen MR) is 88.7 cm³/mol. The van der Waals surface area contributed by atoms with Gasteiger partial charge in [0.2, 0.25) is 5.95 Å². The molecule has 0 unspecified atom stereocenters. The maximum absolute atomic E-state index is 13.0. The summed E-state index contributed by atoms with van der Waals surface area (Å²) in [6.45, 7) is 1.36. The minimum absolute atomic E-state index is 0.0169. The summed E-state index contributed by atoms with van der Waals surface area (Å²) < 4.78 is 39.1. The number of rotatable bonds is 6. The van der Waals surface area contributed by atoms with Gasteiger partial charge in [-0.05, 0) is 31.4 Å². The maximum Gasteiger partial charge on any atom is 0.433 e. The van der Waals surface area contributed by atoms with Crippen molar-refractivity contribution in [2.45, 2.75) is 24.0 Å². The molecule has 1 heterocycles. The second-order valence-electron chi connectivity index (χ2n) is 5.04. The second kappa shape index (κ2) is 7.71. The fourth-order valence-electron chi connectivity index (χ4n) is 1.84. The van der Waals surface area contributed by atoms with Gasteiger partial charge in [-0.15, -0.1) is 11.8 Å². The molecule has 1 aromatic heterocycles. The van der Waals surface area contributed by atoms with Crippen molar-refractivity contribution >= 4 is 29.2 Å². The molecule has 1 atom stereocenters. The van der Waals surface area contributed by atoms with Gasteiger partial charge in [-0.2, -0.15) is 18.2 Å². The number of nitrogens with one attached hydrogen (secondary N) is 2. The third kappa shape index (κ3) is 5.00. The van der Waals surface area contributed by atoms with Crippen molar-refractivity contribution in [1.29, 1.82) is 0 Å². The second-order valence-corrected chi connectivity index (χ2v) is 5.92. The molecule has 0 fully saturated rings. The molecule has 0 aliphatic carbocycles. The van der Waals surface area contributed by atoms with E-state index in [-0.39, 0.29) is 18.4 Å². The molecule has 0 spiro atoms. The fraction of sp³-hybridized carbons (Fsp3) is 0.333. The summed E-state index contributed by atoms with van der Waals surface area (Å²) in [6.07, 6.45) is -2.69. The summed E-state index contributed by atoms with van der Waals surface area (Å²) in [5.74, 6) is -0.182. The number of aliphatic hydroxyl groups is 1. The third-order valence-electron chi connectivity index (χ3n) is 3.01. The molecule has 0 aliphatic rings. The molecule has 130 valence electrons. The molecule has 0 aliphatic heterocycles. The lowest BCUT2D eigenvalue weighted by Gasteiger charge is -2.15. The third-order valence-corrected chi connectivity index (χ3v) is 3.73. The molecule has 2 rings (SSSR count). The Morgan fingerprint density at radius 3 is 2.62 bits per heavy atom. The quantitative estimate of drug-likeness (QED) is 0.683. The molecular weight excluding hydrogens is 341 g/mol. The number of aliphatic hydroxyl groups excluding tert-OH is 1. The van der Waals surface area contributed by atoms with Crippen molar-refractivity contribution in [1.82, 2.24) is 9.97 Å². The first kappa shape index (κ1) is 18.3. The van der Waals surface area contributed by atoms with Crippen molar-refractivity contribution < 1.29 is 18.3 Å². The summed E-state index contributed by atoms with van der Waals surface area (Å²) in [6, 6.07) is 7.61. The van der Waals surface area contributed by atoms with Crippen LogP contribution in [0.3, 0.4) is 0 Å². The number of hydrogen-bond acceptors (Lipinski definition) is 6. The highest BCUT2D eigenvalue weighted by atomic mass is 32.2. The van der Waals surface area contributed by atoms with Crippen molar-refractivity contribution in [3.63, 3.8) is 0 Å². The van der Waals surface area contributed by atoms with E-state index < -0.39 is 17.9 Å². The van der Waals surface area contributed by atoms with E-state index in [1.807, 2.05) is 18.4 Å². The smallest absolute Gasteiger partial charge is 0.394 e. The zero-order valence-electron chi connectivity index (χ0n) is 13.1. The number of aromatic nitrogens is 2. The minimum Gasteiger partial charge on any atom is -0.394 e. The molecule has 24 heavy (non-hydrogen) atoms. The van der Waals surface area contributed by atoms with Crippen LogP contribution < -0.4 is 10.6 Å². The lowest BCUT2D eigenvalue weighted by atomic mass is 10.3. The molecule has 0 bridgehead atoms. The zero-order chi connectivity index (χ0) is 17.7. The van der Waals surface area contributed by atoms with Gasteiger partial charge in [0.1, 0.15) is 5.82 Å². The molecule has 0 saturated heterocycles. The Morgan fingerprint density at radius 2 is 2.00 bits per heavy atom. The number of hydrogen-bond donors (Lipinski definition) is 3. The van der Waals surface area contributed by atoms with E-state index in [1.54, 1.807) is 19.1 Å². The van der Waals surface area contributed by atoms with E-state index in [9.17, 15) is 13.2 Å². The summed E-state index contributed by atoms with van der Waals surface area (Å²) in [4.78, 5) is 8.47. The van der Waals surface area contributed by atoms with Crippen LogP contribution in [0, 0.1) is 0 Å². The van der Waals surface area contributed by atoms with Crippen LogP contribution in [0.1, 0.15) is 12.6 Å².